The molecule has 0 saturated carbocycles. The smallest absolute Gasteiger partial charge is 0.337 e. The number of methoxy groups -OCH3 is 1. The fourth-order valence-corrected chi connectivity index (χ4v) is 3.67. The van der Waals surface area contributed by atoms with Gasteiger partial charge in [-0.3, -0.25) is 4.79 Å². The summed E-state index contributed by atoms with van der Waals surface area (Å²) in [6.45, 7) is 3.03. The van der Waals surface area contributed by atoms with Crippen molar-refractivity contribution in [1.29, 1.82) is 0 Å². The van der Waals surface area contributed by atoms with E-state index in [4.69, 9.17) is 0 Å². The molecule has 5 heteroatoms. The van der Waals surface area contributed by atoms with Crippen molar-refractivity contribution in [3.63, 3.8) is 0 Å². The summed E-state index contributed by atoms with van der Waals surface area (Å²) < 4.78 is 4.69. The molecular formula is C23H28N2O3. The number of hydrogen-bond donors (Lipinski definition) is 1. The molecule has 1 N–H and O–H groups in total. The Bertz CT molecular complexity index is 774. The van der Waals surface area contributed by atoms with Crippen molar-refractivity contribution in [2.75, 3.05) is 26.7 Å². The van der Waals surface area contributed by atoms with Gasteiger partial charge in [-0.15, -0.1) is 0 Å². The van der Waals surface area contributed by atoms with Crippen LogP contribution in [-0.2, 0) is 11.2 Å². The third-order valence-electron chi connectivity index (χ3n) is 5.19. The zero-order valence-electron chi connectivity index (χ0n) is 16.4. The standard InChI is InChI=1S/C23H28N2O3/c1-28-23(27)20-13-11-19(12-14-20)22(26)24-21-10-6-16-25(17-21)15-5-9-18-7-3-2-4-8-18/h2-4,7-8,11-14,21H,5-6,9-10,15-17H2,1H3,(H,24,26)/t21-/m0/s1. The van der Waals surface area contributed by atoms with Gasteiger partial charge in [0, 0.05) is 18.2 Å². The van der Waals surface area contributed by atoms with Crippen molar-refractivity contribution in [3.8, 4) is 0 Å². The zero-order chi connectivity index (χ0) is 19.8. The second-order valence-corrected chi connectivity index (χ2v) is 7.27. The molecule has 0 aromatic heterocycles. The average molecular weight is 380 g/mol. The minimum absolute atomic E-state index is 0.0902. The number of likely N-dealkylation sites (tertiary alicyclic amines) is 1. The molecule has 2 aromatic carbocycles. The topological polar surface area (TPSA) is 58.6 Å². The summed E-state index contributed by atoms with van der Waals surface area (Å²) in [5.74, 6) is -0.488. The Morgan fingerprint density at radius 3 is 2.50 bits per heavy atom. The van der Waals surface area contributed by atoms with Gasteiger partial charge in [-0.2, -0.15) is 0 Å². The summed E-state index contributed by atoms with van der Waals surface area (Å²) in [5, 5.41) is 3.14. The number of nitrogens with one attached hydrogen (secondary N) is 1. The van der Waals surface area contributed by atoms with E-state index >= 15 is 0 Å². The lowest BCUT2D eigenvalue weighted by atomic mass is 10.0. The van der Waals surface area contributed by atoms with E-state index in [1.165, 1.54) is 12.7 Å². The fraction of sp³-hybridized carbons (Fsp3) is 0.391. The molecule has 0 spiro atoms. The molecule has 148 valence electrons. The van der Waals surface area contributed by atoms with Crippen LogP contribution in [0.3, 0.4) is 0 Å². The van der Waals surface area contributed by atoms with Crippen molar-refractivity contribution >= 4 is 11.9 Å². The quantitative estimate of drug-likeness (QED) is 0.749. The van der Waals surface area contributed by atoms with E-state index in [0.717, 1.165) is 45.3 Å². The third-order valence-corrected chi connectivity index (χ3v) is 5.19. The van der Waals surface area contributed by atoms with Gasteiger partial charge < -0.3 is 15.0 Å². The van der Waals surface area contributed by atoms with Crippen molar-refractivity contribution in [2.24, 2.45) is 0 Å². The van der Waals surface area contributed by atoms with Crippen LogP contribution in [0.1, 0.15) is 45.5 Å². The molecule has 1 aliphatic heterocycles. The van der Waals surface area contributed by atoms with E-state index in [-0.39, 0.29) is 11.9 Å². The Labute approximate surface area is 166 Å². The Morgan fingerprint density at radius 2 is 1.79 bits per heavy atom. The zero-order valence-corrected chi connectivity index (χ0v) is 16.4. The molecule has 5 nitrogen and oxygen atoms in total. The number of aryl methyl sites for hydroxylation is 1. The molecular weight excluding hydrogens is 352 g/mol. The van der Waals surface area contributed by atoms with Crippen LogP contribution in [0.15, 0.2) is 54.6 Å². The van der Waals surface area contributed by atoms with Crippen molar-refractivity contribution in [1.82, 2.24) is 10.2 Å². The molecule has 0 aliphatic carbocycles. The van der Waals surface area contributed by atoms with Gasteiger partial charge in [-0.05, 0) is 68.6 Å². The largest absolute Gasteiger partial charge is 0.465 e. The lowest BCUT2D eigenvalue weighted by Gasteiger charge is -2.33. The normalized spacial score (nSPS) is 17.1. The second-order valence-electron chi connectivity index (χ2n) is 7.27. The van der Waals surface area contributed by atoms with Gasteiger partial charge in [0.2, 0.25) is 0 Å². The Morgan fingerprint density at radius 1 is 1.07 bits per heavy atom. The van der Waals surface area contributed by atoms with Gasteiger partial charge in [-0.1, -0.05) is 30.3 Å². The lowest BCUT2D eigenvalue weighted by Crippen LogP contribution is -2.47. The van der Waals surface area contributed by atoms with Crippen molar-refractivity contribution in [2.45, 2.75) is 31.7 Å². The van der Waals surface area contributed by atoms with Crippen LogP contribution in [0.25, 0.3) is 0 Å². The number of amides is 1. The number of piperidine rings is 1. The molecule has 1 saturated heterocycles. The summed E-state index contributed by atoms with van der Waals surface area (Å²) >= 11 is 0. The Balaban J connectivity index is 1.46. The molecule has 3 rings (SSSR count). The molecule has 1 heterocycles. The molecule has 0 radical (unpaired) electrons. The first-order chi connectivity index (χ1) is 13.7. The summed E-state index contributed by atoms with van der Waals surface area (Å²) in [7, 11) is 1.34. The van der Waals surface area contributed by atoms with Gasteiger partial charge in [0.1, 0.15) is 0 Å². The van der Waals surface area contributed by atoms with Crippen LogP contribution in [-0.4, -0.2) is 49.6 Å². The molecule has 1 atom stereocenters. The first-order valence-corrected chi connectivity index (χ1v) is 9.91. The SMILES string of the molecule is COC(=O)c1ccc(C(=O)N[C@H]2CCCN(CCCc3ccccc3)C2)cc1. The molecule has 2 aromatic rings. The van der Waals surface area contributed by atoms with E-state index in [2.05, 4.69) is 39.2 Å². The molecule has 0 unspecified atom stereocenters. The van der Waals surface area contributed by atoms with E-state index in [1.807, 2.05) is 6.07 Å². The van der Waals surface area contributed by atoms with Crippen LogP contribution in [0.2, 0.25) is 0 Å². The third kappa shape index (κ3) is 5.67. The van der Waals surface area contributed by atoms with Gasteiger partial charge >= 0.3 is 5.97 Å². The summed E-state index contributed by atoms with van der Waals surface area (Å²) in [4.78, 5) is 26.5. The number of hydrogen-bond acceptors (Lipinski definition) is 4. The van der Waals surface area contributed by atoms with Crippen LogP contribution >= 0.6 is 0 Å². The maximum atomic E-state index is 12.5. The highest BCUT2D eigenvalue weighted by molar-refractivity contribution is 5.96. The predicted molar refractivity (Wildman–Crippen MR) is 109 cm³/mol. The number of nitrogens with zero attached hydrogens (tertiary/aromatic N) is 1. The minimum Gasteiger partial charge on any atom is -0.465 e. The van der Waals surface area contributed by atoms with Gasteiger partial charge in [0.25, 0.3) is 5.91 Å². The van der Waals surface area contributed by atoms with Crippen LogP contribution < -0.4 is 5.32 Å². The van der Waals surface area contributed by atoms with E-state index < -0.39 is 5.97 Å². The predicted octanol–water partition coefficient (Wildman–Crippen LogP) is 3.30. The maximum Gasteiger partial charge on any atom is 0.337 e. The average Bonchev–Trinajstić information content (AvgIpc) is 2.74. The summed E-state index contributed by atoms with van der Waals surface area (Å²) in [6.07, 6.45) is 4.30. The van der Waals surface area contributed by atoms with Crippen LogP contribution in [0, 0.1) is 0 Å². The van der Waals surface area contributed by atoms with Gasteiger partial charge in [-0.25, -0.2) is 4.79 Å². The molecule has 0 bridgehead atoms. The van der Waals surface area contributed by atoms with Gasteiger partial charge in [0.15, 0.2) is 0 Å². The molecule has 1 fully saturated rings. The first kappa shape index (κ1) is 20.1. The van der Waals surface area contributed by atoms with Crippen molar-refractivity contribution in [3.05, 3.63) is 71.3 Å². The van der Waals surface area contributed by atoms with E-state index in [9.17, 15) is 9.59 Å². The number of esters is 1. The van der Waals surface area contributed by atoms with E-state index in [1.54, 1.807) is 24.3 Å². The highest BCUT2D eigenvalue weighted by atomic mass is 16.5. The number of benzene rings is 2. The lowest BCUT2D eigenvalue weighted by molar-refractivity contribution is 0.0600. The molecule has 28 heavy (non-hydrogen) atoms. The number of rotatable bonds is 7. The van der Waals surface area contributed by atoms with Crippen LogP contribution in [0.4, 0.5) is 0 Å². The minimum atomic E-state index is -0.398. The number of carbonyl (C=O) groups is 2. The van der Waals surface area contributed by atoms with E-state index in [0.29, 0.717) is 11.1 Å². The van der Waals surface area contributed by atoms with Gasteiger partial charge in [0.05, 0.1) is 12.7 Å². The molecule has 1 amide bonds. The van der Waals surface area contributed by atoms with Crippen molar-refractivity contribution < 1.29 is 14.3 Å². The highest BCUT2D eigenvalue weighted by Crippen LogP contribution is 2.13. The number of carbonyl (C=O) groups excluding carboxylic acids is 2. The Hall–Kier alpha value is -2.66. The fourth-order valence-electron chi connectivity index (χ4n) is 3.67. The molecule has 1 aliphatic rings. The Kier molecular flexibility index (Phi) is 7.20. The van der Waals surface area contributed by atoms with Crippen LogP contribution in [0.5, 0.6) is 0 Å². The number of ether oxygens (including phenoxy) is 1. The summed E-state index contributed by atoms with van der Waals surface area (Å²) in [6, 6.07) is 17.3. The highest BCUT2D eigenvalue weighted by Gasteiger charge is 2.21. The first-order valence-electron chi connectivity index (χ1n) is 9.91. The maximum absolute atomic E-state index is 12.5. The monoisotopic (exact) mass is 380 g/mol. The second kappa shape index (κ2) is 10.0. The summed E-state index contributed by atoms with van der Waals surface area (Å²) in [5.41, 5.74) is 2.38.